The summed E-state index contributed by atoms with van der Waals surface area (Å²) in [5.74, 6) is 5.33. The Labute approximate surface area is 175 Å². The van der Waals surface area contributed by atoms with Crippen molar-refractivity contribution in [2.45, 2.75) is 124 Å². The molecule has 0 aromatic carbocycles. The first-order valence-corrected chi connectivity index (χ1v) is 12.9. The average molecular weight is 389 g/mol. The largest absolute Gasteiger partial charge is 0.389 e. The van der Waals surface area contributed by atoms with Crippen LogP contribution in [0.3, 0.4) is 0 Å². The van der Waals surface area contributed by atoms with Crippen LogP contribution in [0.4, 0.5) is 0 Å². The van der Waals surface area contributed by atoms with Crippen molar-refractivity contribution >= 4 is 0 Å². The van der Waals surface area contributed by atoms with Gasteiger partial charge in [-0.15, -0.1) is 0 Å². The molecule has 4 fully saturated rings. The standard InChI is InChI=1S/C27H48O/c1-19(2)9-8-10-20(3)22-11-12-23-21-13-18-27(28)16-7-6-15-26(27,5)24(21)14-17-25(22,23)4/h19-24,28H,6-18H2,1-5H3/t20-,21+,22+,23-,24-,25+,26-,27+/m1/s1. The molecule has 162 valence electrons. The molecule has 0 spiro atoms. The van der Waals surface area contributed by atoms with E-state index in [2.05, 4.69) is 34.6 Å². The maximum absolute atomic E-state index is 11.6. The summed E-state index contributed by atoms with van der Waals surface area (Å²) in [7, 11) is 0. The highest BCUT2D eigenvalue weighted by molar-refractivity contribution is 5.13. The van der Waals surface area contributed by atoms with E-state index in [1.54, 1.807) is 0 Å². The van der Waals surface area contributed by atoms with Crippen molar-refractivity contribution < 1.29 is 5.11 Å². The molecule has 0 heterocycles. The summed E-state index contributed by atoms with van der Waals surface area (Å²) in [6.45, 7) is 12.5. The molecule has 0 aliphatic heterocycles. The van der Waals surface area contributed by atoms with Crippen molar-refractivity contribution in [3.63, 3.8) is 0 Å². The lowest BCUT2D eigenvalue weighted by molar-refractivity contribution is -0.205. The molecule has 4 rings (SSSR count). The average Bonchev–Trinajstić information content (AvgIpc) is 2.99. The lowest BCUT2D eigenvalue weighted by Crippen LogP contribution is -2.61. The Morgan fingerprint density at radius 2 is 1.57 bits per heavy atom. The van der Waals surface area contributed by atoms with Crippen LogP contribution in [0.15, 0.2) is 0 Å². The van der Waals surface area contributed by atoms with Crippen molar-refractivity contribution in [2.24, 2.45) is 46.3 Å². The van der Waals surface area contributed by atoms with Crippen molar-refractivity contribution in [2.75, 3.05) is 0 Å². The molecule has 1 heteroatoms. The molecule has 4 saturated carbocycles. The Bertz CT molecular complexity index is 554. The second-order valence-corrected chi connectivity index (χ2v) is 12.6. The molecule has 28 heavy (non-hydrogen) atoms. The minimum absolute atomic E-state index is 0.205. The SMILES string of the molecule is CC(C)CCC[C@@H](C)[C@@H]1CC[C@@H]2[C@@H]3CC[C@@]4(O)CCCC[C@]4(C)[C@@H]3CC[C@]21C. The highest BCUT2D eigenvalue weighted by atomic mass is 16.3. The van der Waals surface area contributed by atoms with Crippen LogP contribution in [0, 0.1) is 46.3 Å². The lowest BCUT2D eigenvalue weighted by atomic mass is 9.43. The molecule has 4 aliphatic rings. The lowest BCUT2D eigenvalue weighted by Gasteiger charge is -2.63. The van der Waals surface area contributed by atoms with Gasteiger partial charge in [-0.2, -0.15) is 0 Å². The first-order chi connectivity index (χ1) is 13.2. The molecular weight excluding hydrogens is 340 g/mol. The van der Waals surface area contributed by atoms with Gasteiger partial charge in [-0.1, -0.05) is 66.7 Å². The molecule has 0 aromatic heterocycles. The van der Waals surface area contributed by atoms with Gasteiger partial charge in [-0.25, -0.2) is 0 Å². The molecular formula is C27H48O. The Hall–Kier alpha value is -0.0400. The van der Waals surface area contributed by atoms with Gasteiger partial charge < -0.3 is 5.11 Å². The zero-order chi connectivity index (χ0) is 20.2. The second-order valence-electron chi connectivity index (χ2n) is 12.6. The summed E-state index contributed by atoms with van der Waals surface area (Å²) in [5.41, 5.74) is 0.442. The number of fused-ring (bicyclic) bond motifs is 5. The molecule has 1 N–H and O–H groups in total. The van der Waals surface area contributed by atoms with Gasteiger partial charge in [-0.05, 0) is 97.7 Å². The van der Waals surface area contributed by atoms with Crippen LogP contribution < -0.4 is 0 Å². The summed E-state index contributed by atoms with van der Waals surface area (Å²) in [4.78, 5) is 0. The van der Waals surface area contributed by atoms with Crippen LogP contribution in [0.25, 0.3) is 0 Å². The monoisotopic (exact) mass is 388 g/mol. The van der Waals surface area contributed by atoms with Crippen molar-refractivity contribution in [1.82, 2.24) is 0 Å². The number of rotatable bonds is 5. The molecule has 0 amide bonds. The van der Waals surface area contributed by atoms with Gasteiger partial charge in [0.15, 0.2) is 0 Å². The fourth-order valence-corrected chi connectivity index (χ4v) is 9.28. The summed E-state index contributed by atoms with van der Waals surface area (Å²) < 4.78 is 0. The van der Waals surface area contributed by atoms with Gasteiger partial charge in [0.2, 0.25) is 0 Å². The van der Waals surface area contributed by atoms with Crippen LogP contribution in [0.5, 0.6) is 0 Å². The minimum Gasteiger partial charge on any atom is -0.389 e. The fourth-order valence-electron chi connectivity index (χ4n) is 9.28. The number of hydrogen-bond acceptors (Lipinski definition) is 1. The number of aliphatic hydroxyl groups is 1. The van der Waals surface area contributed by atoms with E-state index in [1.807, 2.05) is 0 Å². The van der Waals surface area contributed by atoms with E-state index in [-0.39, 0.29) is 11.0 Å². The van der Waals surface area contributed by atoms with E-state index < -0.39 is 0 Å². The normalized spacial score (nSPS) is 49.4. The van der Waals surface area contributed by atoms with E-state index in [4.69, 9.17) is 0 Å². The molecule has 4 aliphatic carbocycles. The quantitative estimate of drug-likeness (QED) is 0.513. The summed E-state index contributed by atoms with van der Waals surface area (Å²) in [6, 6.07) is 0. The third-order valence-corrected chi connectivity index (χ3v) is 10.9. The van der Waals surface area contributed by atoms with E-state index in [0.29, 0.717) is 5.41 Å². The minimum atomic E-state index is -0.345. The Morgan fingerprint density at radius 1 is 0.821 bits per heavy atom. The molecule has 8 atom stereocenters. The van der Waals surface area contributed by atoms with E-state index in [9.17, 15) is 5.11 Å². The van der Waals surface area contributed by atoms with Gasteiger partial charge in [0.1, 0.15) is 0 Å². The van der Waals surface area contributed by atoms with E-state index >= 15 is 0 Å². The predicted octanol–water partition coefficient (Wildman–Crippen LogP) is 7.61. The van der Waals surface area contributed by atoms with Crippen molar-refractivity contribution in [1.29, 1.82) is 0 Å². The zero-order valence-electron chi connectivity index (χ0n) is 19.6. The third-order valence-electron chi connectivity index (χ3n) is 10.9. The van der Waals surface area contributed by atoms with Crippen LogP contribution in [-0.4, -0.2) is 10.7 Å². The zero-order valence-corrected chi connectivity index (χ0v) is 19.6. The summed E-state index contributed by atoms with van der Waals surface area (Å²) in [5, 5.41) is 11.6. The third kappa shape index (κ3) is 3.21. The highest BCUT2D eigenvalue weighted by Gasteiger charge is 2.63. The molecule has 0 bridgehead atoms. The molecule has 0 aromatic rings. The van der Waals surface area contributed by atoms with E-state index in [1.165, 1.54) is 70.6 Å². The van der Waals surface area contributed by atoms with Crippen LogP contribution in [-0.2, 0) is 0 Å². The van der Waals surface area contributed by atoms with Crippen LogP contribution in [0.2, 0.25) is 0 Å². The van der Waals surface area contributed by atoms with Gasteiger partial charge >= 0.3 is 0 Å². The Kier molecular flexibility index (Phi) is 5.74. The molecule has 0 radical (unpaired) electrons. The topological polar surface area (TPSA) is 20.2 Å². The summed E-state index contributed by atoms with van der Waals surface area (Å²) in [6.07, 6.45) is 17.4. The first-order valence-electron chi connectivity index (χ1n) is 12.9. The van der Waals surface area contributed by atoms with Gasteiger partial charge in [-0.3, -0.25) is 0 Å². The van der Waals surface area contributed by atoms with E-state index in [0.717, 1.165) is 48.3 Å². The van der Waals surface area contributed by atoms with Gasteiger partial charge in [0, 0.05) is 0 Å². The smallest absolute Gasteiger partial charge is 0.0703 e. The van der Waals surface area contributed by atoms with Gasteiger partial charge in [0.05, 0.1) is 5.60 Å². The Balaban J connectivity index is 1.49. The predicted molar refractivity (Wildman–Crippen MR) is 119 cm³/mol. The van der Waals surface area contributed by atoms with Gasteiger partial charge in [0.25, 0.3) is 0 Å². The maximum atomic E-state index is 11.6. The molecule has 1 nitrogen and oxygen atoms in total. The van der Waals surface area contributed by atoms with Crippen molar-refractivity contribution in [3.8, 4) is 0 Å². The molecule has 0 unspecified atom stereocenters. The van der Waals surface area contributed by atoms with Crippen LogP contribution in [0.1, 0.15) is 118 Å². The second kappa shape index (κ2) is 7.58. The summed E-state index contributed by atoms with van der Waals surface area (Å²) >= 11 is 0. The molecule has 0 saturated heterocycles. The highest BCUT2D eigenvalue weighted by Crippen LogP contribution is 2.69. The maximum Gasteiger partial charge on any atom is 0.0703 e. The van der Waals surface area contributed by atoms with Crippen LogP contribution >= 0.6 is 0 Å². The first kappa shape index (κ1) is 21.2. The Morgan fingerprint density at radius 3 is 2.32 bits per heavy atom. The van der Waals surface area contributed by atoms with Crippen molar-refractivity contribution in [3.05, 3.63) is 0 Å². The number of hydrogen-bond donors (Lipinski definition) is 1. The fraction of sp³-hybridized carbons (Fsp3) is 1.00.